The van der Waals surface area contributed by atoms with Gasteiger partial charge in [-0.15, -0.1) is 11.8 Å². The molecule has 0 spiro atoms. The van der Waals surface area contributed by atoms with Crippen molar-refractivity contribution in [2.24, 2.45) is 0 Å². The van der Waals surface area contributed by atoms with E-state index in [1.54, 1.807) is 16.7 Å². The van der Waals surface area contributed by atoms with E-state index < -0.39 is 6.04 Å². The zero-order chi connectivity index (χ0) is 20.0. The maximum Gasteiger partial charge on any atom is 0.290 e. The van der Waals surface area contributed by atoms with E-state index >= 15 is 0 Å². The van der Waals surface area contributed by atoms with Gasteiger partial charge in [-0.25, -0.2) is 0 Å². The second-order valence-electron chi connectivity index (χ2n) is 7.30. The second kappa shape index (κ2) is 7.13. The molecule has 0 radical (unpaired) electrons. The molecule has 4 nitrogen and oxygen atoms in total. The quantitative estimate of drug-likeness (QED) is 0.580. The number of amides is 1. The van der Waals surface area contributed by atoms with E-state index in [1.807, 2.05) is 63.4 Å². The highest BCUT2D eigenvalue weighted by Crippen LogP contribution is 2.39. The van der Waals surface area contributed by atoms with Crippen LogP contribution in [0, 0.1) is 13.8 Å². The van der Waals surface area contributed by atoms with Gasteiger partial charge in [-0.1, -0.05) is 25.1 Å². The minimum atomic E-state index is -0.403. The summed E-state index contributed by atoms with van der Waals surface area (Å²) >= 11 is 1.66. The molecule has 1 aliphatic rings. The Morgan fingerprint density at radius 3 is 2.46 bits per heavy atom. The van der Waals surface area contributed by atoms with Crippen LogP contribution in [0.2, 0.25) is 0 Å². The highest BCUT2D eigenvalue weighted by molar-refractivity contribution is 7.98. The van der Waals surface area contributed by atoms with E-state index in [0.717, 1.165) is 28.0 Å². The summed E-state index contributed by atoms with van der Waals surface area (Å²) < 4.78 is 6.04. The van der Waals surface area contributed by atoms with Crippen LogP contribution in [-0.4, -0.2) is 23.6 Å². The largest absolute Gasteiger partial charge is 0.450 e. The summed E-state index contributed by atoms with van der Waals surface area (Å²) in [4.78, 5) is 29.6. The van der Waals surface area contributed by atoms with Crippen molar-refractivity contribution in [1.29, 1.82) is 0 Å². The van der Waals surface area contributed by atoms with Gasteiger partial charge in [0.05, 0.1) is 17.0 Å². The van der Waals surface area contributed by atoms with Crippen LogP contribution in [0.5, 0.6) is 0 Å². The molecule has 2 heterocycles. The van der Waals surface area contributed by atoms with Crippen LogP contribution in [0.1, 0.15) is 52.2 Å². The number of carbonyl (C=O) groups excluding carboxylic acids is 1. The minimum Gasteiger partial charge on any atom is -0.450 e. The fraction of sp³-hybridized carbons (Fsp3) is 0.304. The van der Waals surface area contributed by atoms with Crippen molar-refractivity contribution in [3.63, 3.8) is 0 Å². The van der Waals surface area contributed by atoms with Crippen LogP contribution >= 0.6 is 11.8 Å². The highest BCUT2D eigenvalue weighted by Gasteiger charge is 2.42. The van der Waals surface area contributed by atoms with Gasteiger partial charge >= 0.3 is 0 Å². The van der Waals surface area contributed by atoms with Gasteiger partial charge in [0.25, 0.3) is 5.91 Å². The maximum absolute atomic E-state index is 13.5. The number of hydrogen-bond donors (Lipinski definition) is 0. The van der Waals surface area contributed by atoms with Crippen molar-refractivity contribution >= 4 is 28.6 Å². The third-order valence-electron chi connectivity index (χ3n) is 5.31. The van der Waals surface area contributed by atoms with E-state index in [2.05, 4.69) is 0 Å². The lowest BCUT2D eigenvalue weighted by Gasteiger charge is -2.24. The molecule has 1 unspecified atom stereocenters. The summed E-state index contributed by atoms with van der Waals surface area (Å²) in [5.41, 5.74) is 3.69. The Hall–Kier alpha value is -2.53. The summed E-state index contributed by atoms with van der Waals surface area (Å²) in [7, 11) is 0. The average molecular weight is 394 g/mol. The number of aryl methyl sites for hydroxylation is 2. The first kappa shape index (κ1) is 18.8. The molecule has 1 aliphatic heterocycles. The SMILES string of the molecule is CCCN1C(=O)c2oc3cc(C)cc(C)c3c(=O)c2C1c1ccc(SC)cc1. The molecule has 3 aromatic rings. The number of benzene rings is 2. The van der Waals surface area contributed by atoms with Gasteiger partial charge in [0.15, 0.2) is 5.43 Å². The summed E-state index contributed by atoms with van der Waals surface area (Å²) in [6, 6.07) is 11.5. The molecule has 144 valence electrons. The van der Waals surface area contributed by atoms with E-state index in [4.69, 9.17) is 4.42 Å². The number of nitrogens with zero attached hydrogens (tertiary/aromatic N) is 1. The summed E-state index contributed by atoms with van der Waals surface area (Å²) in [6.07, 6.45) is 2.84. The fourth-order valence-electron chi connectivity index (χ4n) is 4.12. The van der Waals surface area contributed by atoms with Gasteiger partial charge in [0.1, 0.15) is 5.58 Å². The molecule has 1 amide bonds. The molecule has 4 rings (SSSR count). The van der Waals surface area contributed by atoms with Crippen molar-refractivity contribution in [3.8, 4) is 0 Å². The molecule has 0 bridgehead atoms. The van der Waals surface area contributed by atoms with Crippen molar-refractivity contribution in [3.05, 3.63) is 74.6 Å². The number of thioether (sulfide) groups is 1. The first-order valence-corrected chi connectivity index (χ1v) is 10.7. The molecule has 5 heteroatoms. The van der Waals surface area contributed by atoms with E-state index in [0.29, 0.717) is 23.1 Å². The lowest BCUT2D eigenvalue weighted by molar-refractivity contribution is 0.0728. The van der Waals surface area contributed by atoms with Crippen LogP contribution in [0.3, 0.4) is 0 Å². The minimum absolute atomic E-state index is 0.0975. The van der Waals surface area contributed by atoms with Crippen molar-refractivity contribution in [1.82, 2.24) is 4.90 Å². The second-order valence-corrected chi connectivity index (χ2v) is 8.18. The third-order valence-corrected chi connectivity index (χ3v) is 6.05. The Kier molecular flexibility index (Phi) is 4.79. The highest BCUT2D eigenvalue weighted by atomic mass is 32.2. The molecular formula is C23H23NO3S. The fourth-order valence-corrected chi connectivity index (χ4v) is 4.53. The number of hydrogen-bond acceptors (Lipinski definition) is 4. The van der Waals surface area contributed by atoms with E-state index in [9.17, 15) is 9.59 Å². The van der Waals surface area contributed by atoms with E-state index in [-0.39, 0.29) is 17.1 Å². The van der Waals surface area contributed by atoms with Crippen LogP contribution in [0.15, 0.2) is 50.5 Å². The number of carbonyl (C=O) groups is 1. The topological polar surface area (TPSA) is 50.5 Å². The molecule has 0 saturated heterocycles. The molecule has 28 heavy (non-hydrogen) atoms. The van der Waals surface area contributed by atoms with Gasteiger partial charge < -0.3 is 9.32 Å². The lowest BCUT2D eigenvalue weighted by atomic mass is 9.97. The Labute approximate surface area is 168 Å². The zero-order valence-corrected chi connectivity index (χ0v) is 17.4. The van der Waals surface area contributed by atoms with Crippen LogP contribution in [0.4, 0.5) is 0 Å². The normalized spacial score (nSPS) is 16.1. The molecule has 0 aliphatic carbocycles. The smallest absolute Gasteiger partial charge is 0.290 e. The van der Waals surface area contributed by atoms with E-state index in [1.165, 1.54) is 0 Å². The standard InChI is InChI=1S/C23H23NO3S/c1-5-10-24-20(15-6-8-16(28-4)9-7-15)19-21(25)18-14(3)11-13(2)12-17(18)27-22(19)23(24)26/h6-9,11-12,20H,5,10H2,1-4H3. The van der Waals surface area contributed by atoms with Gasteiger partial charge in [-0.3, -0.25) is 9.59 Å². The molecule has 0 N–H and O–H groups in total. The molecule has 1 aromatic heterocycles. The van der Waals surface area contributed by atoms with Gasteiger partial charge in [-0.2, -0.15) is 0 Å². The summed E-state index contributed by atoms with van der Waals surface area (Å²) in [5, 5.41) is 0.571. The Balaban J connectivity index is 2.00. The van der Waals surface area contributed by atoms with Crippen LogP contribution < -0.4 is 5.43 Å². The average Bonchev–Trinajstić information content (AvgIpc) is 2.94. The summed E-state index contributed by atoms with van der Waals surface area (Å²) in [5.74, 6) is -0.0103. The first-order valence-electron chi connectivity index (χ1n) is 9.49. The zero-order valence-electron chi connectivity index (χ0n) is 16.5. The first-order chi connectivity index (χ1) is 13.5. The van der Waals surface area contributed by atoms with Crippen molar-refractivity contribution < 1.29 is 9.21 Å². The molecule has 0 fully saturated rings. The third kappa shape index (κ3) is 2.85. The van der Waals surface area contributed by atoms with Gasteiger partial charge in [0.2, 0.25) is 5.76 Å². The maximum atomic E-state index is 13.5. The Morgan fingerprint density at radius 1 is 1.11 bits per heavy atom. The molecule has 1 atom stereocenters. The predicted octanol–water partition coefficient (Wildman–Crippen LogP) is 5.09. The monoisotopic (exact) mass is 393 g/mol. The lowest BCUT2D eigenvalue weighted by Crippen LogP contribution is -2.30. The predicted molar refractivity (Wildman–Crippen MR) is 113 cm³/mol. The molecule has 0 saturated carbocycles. The van der Waals surface area contributed by atoms with Crippen molar-refractivity contribution in [2.75, 3.05) is 12.8 Å². The van der Waals surface area contributed by atoms with Crippen LogP contribution in [-0.2, 0) is 0 Å². The Bertz CT molecular complexity index is 1130. The van der Waals surface area contributed by atoms with Crippen LogP contribution in [0.25, 0.3) is 11.0 Å². The molecular weight excluding hydrogens is 370 g/mol. The van der Waals surface area contributed by atoms with Gasteiger partial charge in [0, 0.05) is 11.4 Å². The number of rotatable bonds is 4. The van der Waals surface area contributed by atoms with Crippen molar-refractivity contribution in [2.45, 2.75) is 38.1 Å². The molecule has 2 aromatic carbocycles. The summed E-state index contributed by atoms with van der Waals surface area (Å²) in [6.45, 7) is 6.48. The van der Waals surface area contributed by atoms with Gasteiger partial charge in [-0.05, 0) is 61.4 Å². The Morgan fingerprint density at radius 2 is 1.82 bits per heavy atom. The number of fused-ring (bicyclic) bond motifs is 2.